The summed E-state index contributed by atoms with van der Waals surface area (Å²) in [5, 5.41) is 11.5. The average molecular weight is 425 g/mol. The first-order valence-corrected chi connectivity index (χ1v) is 9.77. The zero-order chi connectivity index (χ0) is 20.8. The number of amides is 2. The van der Waals surface area contributed by atoms with Crippen LogP contribution in [0.15, 0.2) is 71.7 Å². The number of carboxylic acids is 1. The van der Waals surface area contributed by atoms with Crippen LogP contribution in [0.3, 0.4) is 0 Å². The number of nitrogens with zero attached hydrogens (tertiary/aromatic N) is 1. The molecule has 29 heavy (non-hydrogen) atoms. The molecule has 1 aliphatic rings. The van der Waals surface area contributed by atoms with Crippen molar-refractivity contribution in [3.05, 3.63) is 82.8 Å². The van der Waals surface area contributed by atoms with Crippen molar-refractivity contribution in [1.29, 1.82) is 0 Å². The minimum atomic E-state index is -1.05. The van der Waals surface area contributed by atoms with E-state index in [-0.39, 0.29) is 18.0 Å². The van der Waals surface area contributed by atoms with Crippen molar-refractivity contribution in [1.82, 2.24) is 4.90 Å². The molecule has 0 unspecified atom stereocenters. The van der Waals surface area contributed by atoms with Crippen LogP contribution in [0.4, 0.5) is 5.69 Å². The van der Waals surface area contributed by atoms with Crippen molar-refractivity contribution in [3.8, 4) is 0 Å². The van der Waals surface area contributed by atoms with Gasteiger partial charge >= 0.3 is 5.97 Å². The first-order chi connectivity index (χ1) is 13.9. The van der Waals surface area contributed by atoms with Gasteiger partial charge in [0.25, 0.3) is 5.91 Å². The summed E-state index contributed by atoms with van der Waals surface area (Å²) in [6.07, 6.45) is 5.32. The van der Waals surface area contributed by atoms with E-state index in [1.54, 1.807) is 12.2 Å². The highest BCUT2D eigenvalue weighted by atomic mass is 32.2. The number of hydrogen-bond donors (Lipinski definition) is 2. The highest BCUT2D eigenvalue weighted by Gasteiger charge is 2.33. The Labute approximate surface area is 176 Å². The number of benzene rings is 2. The summed E-state index contributed by atoms with van der Waals surface area (Å²) < 4.78 is 0.311. The first kappa shape index (κ1) is 20.5. The number of nitrogens with one attached hydrogen (secondary N) is 1. The minimum Gasteiger partial charge on any atom is -0.478 e. The second-order valence-electron chi connectivity index (χ2n) is 5.99. The Morgan fingerprint density at radius 1 is 1.10 bits per heavy atom. The largest absolute Gasteiger partial charge is 0.478 e. The molecular weight excluding hydrogens is 408 g/mol. The standard InChI is InChI=1S/C21H16N2O4S2/c24-18(22-16-11-9-15(10-12-16)20(26)27)13-23-19(25)17(29-21(23)28)8-4-7-14-5-2-1-3-6-14/h1-12H,13H2,(H,22,24)(H,26,27). The van der Waals surface area contributed by atoms with E-state index in [9.17, 15) is 14.4 Å². The molecule has 2 aromatic rings. The lowest BCUT2D eigenvalue weighted by Gasteiger charge is -2.14. The molecule has 2 aromatic carbocycles. The summed E-state index contributed by atoms with van der Waals surface area (Å²) in [4.78, 5) is 37.3. The zero-order valence-corrected chi connectivity index (χ0v) is 16.7. The van der Waals surface area contributed by atoms with Crippen LogP contribution < -0.4 is 5.32 Å². The first-order valence-electron chi connectivity index (χ1n) is 8.54. The van der Waals surface area contributed by atoms with Gasteiger partial charge in [-0.3, -0.25) is 14.5 Å². The van der Waals surface area contributed by atoms with E-state index in [4.69, 9.17) is 17.3 Å². The molecule has 1 fully saturated rings. The molecule has 1 aliphatic heterocycles. The lowest BCUT2D eigenvalue weighted by Crippen LogP contribution is -2.36. The van der Waals surface area contributed by atoms with E-state index >= 15 is 0 Å². The van der Waals surface area contributed by atoms with Crippen LogP contribution in [0, 0.1) is 0 Å². The fourth-order valence-corrected chi connectivity index (χ4v) is 3.71. The molecule has 0 radical (unpaired) electrons. The van der Waals surface area contributed by atoms with Crippen molar-refractivity contribution in [2.24, 2.45) is 0 Å². The summed E-state index contributed by atoms with van der Waals surface area (Å²) in [7, 11) is 0. The second kappa shape index (κ2) is 9.31. The molecule has 8 heteroatoms. The normalized spacial score (nSPS) is 15.3. The molecule has 0 atom stereocenters. The van der Waals surface area contributed by atoms with E-state index in [0.29, 0.717) is 14.9 Å². The minimum absolute atomic E-state index is 0.119. The van der Waals surface area contributed by atoms with Crippen molar-refractivity contribution in [3.63, 3.8) is 0 Å². The van der Waals surface area contributed by atoms with Gasteiger partial charge in [-0.05, 0) is 35.9 Å². The third-order valence-electron chi connectivity index (χ3n) is 3.93. The number of carboxylic acid groups (broad SMARTS) is 1. The van der Waals surface area contributed by atoms with Gasteiger partial charge in [0.2, 0.25) is 5.91 Å². The van der Waals surface area contributed by atoms with Gasteiger partial charge < -0.3 is 10.4 Å². The Bertz CT molecular complexity index is 1010. The summed E-state index contributed by atoms with van der Waals surface area (Å²) in [6, 6.07) is 15.4. The number of aromatic carboxylic acids is 1. The predicted molar refractivity (Wildman–Crippen MR) is 117 cm³/mol. The van der Waals surface area contributed by atoms with Gasteiger partial charge in [-0.25, -0.2) is 4.79 Å². The van der Waals surface area contributed by atoms with Crippen LogP contribution in [-0.4, -0.2) is 38.7 Å². The topological polar surface area (TPSA) is 86.7 Å². The highest BCUT2D eigenvalue weighted by molar-refractivity contribution is 8.26. The number of carbonyl (C=O) groups is 3. The van der Waals surface area contributed by atoms with Gasteiger partial charge in [0.1, 0.15) is 10.9 Å². The molecule has 0 bridgehead atoms. The number of hydrogen-bond acceptors (Lipinski definition) is 5. The molecule has 3 rings (SSSR count). The summed E-state index contributed by atoms with van der Waals surface area (Å²) in [6.45, 7) is -0.217. The van der Waals surface area contributed by atoms with Crippen LogP contribution >= 0.6 is 24.0 Å². The number of allylic oxidation sites excluding steroid dienone is 2. The number of thioether (sulfide) groups is 1. The highest BCUT2D eigenvalue weighted by Crippen LogP contribution is 2.30. The number of thiocarbonyl (C=S) groups is 1. The van der Waals surface area contributed by atoms with Gasteiger partial charge in [-0.15, -0.1) is 0 Å². The van der Waals surface area contributed by atoms with E-state index < -0.39 is 11.9 Å². The van der Waals surface area contributed by atoms with Gasteiger partial charge in [-0.2, -0.15) is 0 Å². The van der Waals surface area contributed by atoms with Gasteiger partial charge in [0.15, 0.2) is 0 Å². The molecule has 1 heterocycles. The van der Waals surface area contributed by atoms with E-state index in [0.717, 1.165) is 17.3 Å². The van der Waals surface area contributed by atoms with Gasteiger partial charge in [0, 0.05) is 5.69 Å². The molecule has 0 aliphatic carbocycles. The smallest absolute Gasteiger partial charge is 0.335 e. The molecule has 6 nitrogen and oxygen atoms in total. The van der Waals surface area contributed by atoms with E-state index in [1.165, 1.54) is 29.2 Å². The fourth-order valence-electron chi connectivity index (χ4n) is 2.50. The Morgan fingerprint density at radius 2 is 1.79 bits per heavy atom. The third-order valence-corrected chi connectivity index (χ3v) is 5.32. The quantitative estimate of drug-likeness (QED) is 0.542. The fraction of sp³-hybridized carbons (Fsp3) is 0.0476. The Hall–Kier alpha value is -3.23. The molecule has 1 saturated heterocycles. The number of anilines is 1. The van der Waals surface area contributed by atoms with E-state index in [1.807, 2.05) is 36.4 Å². The Morgan fingerprint density at radius 3 is 2.45 bits per heavy atom. The SMILES string of the molecule is O=C(CN1C(=O)C(=CC=Cc2ccccc2)SC1=S)Nc1ccc(C(=O)O)cc1. The van der Waals surface area contributed by atoms with Crippen molar-refractivity contribution >= 4 is 57.8 Å². The maximum absolute atomic E-state index is 12.5. The monoisotopic (exact) mass is 424 g/mol. The summed E-state index contributed by atoms with van der Waals surface area (Å²) in [5.74, 6) is -1.80. The van der Waals surface area contributed by atoms with Gasteiger partial charge in [-0.1, -0.05) is 66.5 Å². The molecule has 146 valence electrons. The Kier molecular flexibility index (Phi) is 6.58. The van der Waals surface area contributed by atoms with Crippen LogP contribution in [-0.2, 0) is 9.59 Å². The zero-order valence-electron chi connectivity index (χ0n) is 15.1. The van der Waals surface area contributed by atoms with Crippen LogP contribution in [0.25, 0.3) is 6.08 Å². The van der Waals surface area contributed by atoms with Gasteiger partial charge in [0.05, 0.1) is 10.5 Å². The van der Waals surface area contributed by atoms with Crippen molar-refractivity contribution < 1.29 is 19.5 Å². The van der Waals surface area contributed by atoms with E-state index in [2.05, 4.69) is 5.32 Å². The summed E-state index contributed by atoms with van der Waals surface area (Å²) in [5.41, 5.74) is 1.56. The third kappa shape index (κ3) is 5.40. The molecule has 2 amide bonds. The lowest BCUT2D eigenvalue weighted by molar-refractivity contribution is -0.126. The number of carbonyl (C=O) groups excluding carboxylic acids is 2. The molecule has 0 aromatic heterocycles. The van der Waals surface area contributed by atoms with Crippen molar-refractivity contribution in [2.45, 2.75) is 0 Å². The van der Waals surface area contributed by atoms with Crippen LogP contribution in [0.5, 0.6) is 0 Å². The maximum atomic E-state index is 12.5. The second-order valence-corrected chi connectivity index (χ2v) is 7.67. The maximum Gasteiger partial charge on any atom is 0.335 e. The molecule has 0 spiro atoms. The Balaban J connectivity index is 1.60. The molecular formula is C21H16N2O4S2. The van der Waals surface area contributed by atoms with Crippen LogP contribution in [0.2, 0.25) is 0 Å². The number of rotatable bonds is 6. The van der Waals surface area contributed by atoms with Crippen molar-refractivity contribution in [2.75, 3.05) is 11.9 Å². The lowest BCUT2D eigenvalue weighted by atomic mass is 10.2. The molecule has 2 N–H and O–H groups in total. The van der Waals surface area contributed by atoms with Crippen LogP contribution in [0.1, 0.15) is 15.9 Å². The summed E-state index contributed by atoms with van der Waals surface area (Å²) >= 11 is 6.37. The average Bonchev–Trinajstić information content (AvgIpc) is 2.97. The molecule has 0 saturated carbocycles. The predicted octanol–water partition coefficient (Wildman–Crippen LogP) is 3.78.